The van der Waals surface area contributed by atoms with E-state index < -0.39 is 27.4 Å². The SMILES string of the molecule is CN1CCN(CC(O)COCCC[SiH](O[SiH](C)C)O[SiH](C)C)CC1. The molecule has 1 saturated heterocycles. The van der Waals surface area contributed by atoms with Crippen LogP contribution in [0.25, 0.3) is 0 Å². The fourth-order valence-corrected chi connectivity index (χ4v) is 10.0. The van der Waals surface area contributed by atoms with Gasteiger partial charge in [-0.2, -0.15) is 0 Å². The molecular formula is C15H38N2O4Si3. The van der Waals surface area contributed by atoms with Crippen LogP contribution >= 0.6 is 0 Å². The van der Waals surface area contributed by atoms with E-state index in [1.54, 1.807) is 0 Å². The first-order chi connectivity index (χ1) is 11.4. The fraction of sp³-hybridized carbons (Fsp3) is 1.00. The Morgan fingerprint density at radius 3 is 2.12 bits per heavy atom. The van der Waals surface area contributed by atoms with Crippen molar-refractivity contribution in [1.29, 1.82) is 0 Å². The van der Waals surface area contributed by atoms with E-state index in [0.29, 0.717) is 13.2 Å². The van der Waals surface area contributed by atoms with Gasteiger partial charge in [-0.15, -0.1) is 0 Å². The lowest BCUT2D eigenvalue weighted by Gasteiger charge is -2.33. The molecule has 6 nitrogen and oxygen atoms in total. The molecule has 144 valence electrons. The van der Waals surface area contributed by atoms with Crippen molar-refractivity contribution in [3.05, 3.63) is 0 Å². The second-order valence-electron chi connectivity index (χ2n) is 7.27. The molecule has 0 saturated carbocycles. The third-order valence-corrected chi connectivity index (χ3v) is 11.6. The van der Waals surface area contributed by atoms with E-state index >= 15 is 0 Å². The standard InChI is InChI=1S/C15H38N2O4Si3/c1-16-7-9-17(10-8-16)13-15(18)14-19-11-6-12-24(20-22(2)3)21-23(4)5/h15,18,22-24H,6-14H2,1-5H3. The molecule has 24 heavy (non-hydrogen) atoms. The van der Waals surface area contributed by atoms with Gasteiger partial charge in [0, 0.05) is 39.3 Å². The van der Waals surface area contributed by atoms with Crippen molar-refractivity contribution in [2.24, 2.45) is 0 Å². The van der Waals surface area contributed by atoms with E-state index in [4.69, 9.17) is 13.0 Å². The molecule has 1 fully saturated rings. The van der Waals surface area contributed by atoms with Gasteiger partial charge in [0.2, 0.25) is 0 Å². The second kappa shape index (κ2) is 12.7. The van der Waals surface area contributed by atoms with Gasteiger partial charge in [0.15, 0.2) is 18.1 Å². The number of β-amino-alcohol motifs (C(OH)–C–C–N with tert-alkyl or cyclic N) is 1. The van der Waals surface area contributed by atoms with Crippen LogP contribution in [0.2, 0.25) is 32.2 Å². The first-order valence-corrected chi connectivity index (χ1v) is 16.7. The number of likely N-dealkylation sites (N-methyl/N-ethyl adjacent to an activating group) is 1. The Balaban J connectivity index is 2.08. The third kappa shape index (κ3) is 11.1. The minimum Gasteiger partial charge on any atom is -0.441 e. The Morgan fingerprint density at radius 1 is 1.00 bits per heavy atom. The zero-order valence-corrected chi connectivity index (χ0v) is 19.7. The van der Waals surface area contributed by atoms with Gasteiger partial charge < -0.3 is 23.0 Å². The number of piperazine rings is 1. The van der Waals surface area contributed by atoms with Gasteiger partial charge in [-0.25, -0.2) is 0 Å². The highest BCUT2D eigenvalue weighted by Gasteiger charge is 2.18. The summed E-state index contributed by atoms with van der Waals surface area (Å²) in [5, 5.41) is 10.1. The van der Waals surface area contributed by atoms with Gasteiger partial charge in [0.05, 0.1) is 12.7 Å². The van der Waals surface area contributed by atoms with Gasteiger partial charge in [-0.05, 0) is 45.7 Å². The lowest BCUT2D eigenvalue weighted by atomic mass is 10.3. The van der Waals surface area contributed by atoms with Gasteiger partial charge >= 0.3 is 9.28 Å². The number of rotatable bonds is 12. The normalized spacial score (nSPS) is 18.9. The van der Waals surface area contributed by atoms with E-state index in [0.717, 1.165) is 45.2 Å². The zero-order chi connectivity index (χ0) is 17.9. The summed E-state index contributed by atoms with van der Waals surface area (Å²) < 4.78 is 17.8. The Kier molecular flexibility index (Phi) is 11.9. The van der Waals surface area contributed by atoms with E-state index in [-0.39, 0.29) is 6.10 Å². The lowest BCUT2D eigenvalue weighted by molar-refractivity contribution is 0.00894. The van der Waals surface area contributed by atoms with Crippen molar-refractivity contribution in [3.8, 4) is 0 Å². The number of aliphatic hydroxyl groups is 1. The van der Waals surface area contributed by atoms with Crippen LogP contribution in [0.4, 0.5) is 0 Å². The molecule has 1 unspecified atom stereocenters. The molecule has 0 spiro atoms. The largest absolute Gasteiger partial charge is 0.441 e. The molecule has 1 aliphatic rings. The summed E-state index contributed by atoms with van der Waals surface area (Å²) in [4.78, 5) is 4.64. The maximum absolute atomic E-state index is 10.1. The van der Waals surface area contributed by atoms with Crippen LogP contribution in [0, 0.1) is 0 Å². The molecule has 0 aromatic rings. The molecule has 1 N–H and O–H groups in total. The first-order valence-electron chi connectivity index (χ1n) is 9.34. The van der Waals surface area contributed by atoms with Crippen LogP contribution in [0.1, 0.15) is 6.42 Å². The van der Waals surface area contributed by atoms with Crippen molar-refractivity contribution in [3.63, 3.8) is 0 Å². The Bertz CT molecular complexity index is 309. The average Bonchev–Trinajstić information content (AvgIpc) is 2.48. The van der Waals surface area contributed by atoms with Crippen LogP contribution in [0.3, 0.4) is 0 Å². The van der Waals surface area contributed by atoms with Crippen LogP contribution in [0.15, 0.2) is 0 Å². The Labute approximate surface area is 153 Å². The van der Waals surface area contributed by atoms with Crippen molar-refractivity contribution in [2.75, 3.05) is 53.0 Å². The molecule has 0 amide bonds. The van der Waals surface area contributed by atoms with Crippen LogP contribution in [-0.4, -0.2) is 101 Å². The molecule has 0 aromatic heterocycles. The van der Waals surface area contributed by atoms with Crippen molar-refractivity contribution in [1.82, 2.24) is 9.80 Å². The summed E-state index contributed by atoms with van der Waals surface area (Å²) >= 11 is 0. The summed E-state index contributed by atoms with van der Waals surface area (Å²) in [5.41, 5.74) is 0. The smallest absolute Gasteiger partial charge is 0.300 e. The highest BCUT2D eigenvalue weighted by atomic mass is 28.4. The average molecular weight is 395 g/mol. The topological polar surface area (TPSA) is 54.4 Å². The molecule has 0 radical (unpaired) electrons. The van der Waals surface area contributed by atoms with Gasteiger partial charge in [-0.1, -0.05) is 0 Å². The van der Waals surface area contributed by atoms with E-state index in [2.05, 4.69) is 43.0 Å². The number of hydrogen-bond donors (Lipinski definition) is 1. The number of hydrogen-bond acceptors (Lipinski definition) is 6. The van der Waals surface area contributed by atoms with E-state index in [1.165, 1.54) is 0 Å². The van der Waals surface area contributed by atoms with Crippen LogP contribution in [0.5, 0.6) is 0 Å². The van der Waals surface area contributed by atoms with E-state index in [9.17, 15) is 5.11 Å². The summed E-state index contributed by atoms with van der Waals surface area (Å²) in [5.74, 6) is 0. The fourth-order valence-electron chi connectivity index (χ4n) is 2.73. The van der Waals surface area contributed by atoms with Crippen molar-refractivity contribution in [2.45, 2.75) is 44.8 Å². The third-order valence-electron chi connectivity index (χ3n) is 3.95. The molecule has 1 heterocycles. The predicted octanol–water partition coefficient (Wildman–Crippen LogP) is 0.222. The Morgan fingerprint density at radius 2 is 1.58 bits per heavy atom. The quantitative estimate of drug-likeness (QED) is 0.378. The van der Waals surface area contributed by atoms with Crippen molar-refractivity contribution < 1.29 is 18.1 Å². The number of aliphatic hydroxyl groups excluding tert-OH is 1. The van der Waals surface area contributed by atoms with Crippen LogP contribution < -0.4 is 0 Å². The molecular weight excluding hydrogens is 356 g/mol. The number of nitrogens with zero attached hydrogens (tertiary/aromatic N) is 2. The highest BCUT2D eigenvalue weighted by molar-refractivity contribution is 6.67. The molecule has 1 atom stereocenters. The molecule has 0 bridgehead atoms. The van der Waals surface area contributed by atoms with Crippen LogP contribution in [-0.2, 0) is 13.0 Å². The van der Waals surface area contributed by atoms with Crippen molar-refractivity contribution >= 4 is 27.4 Å². The maximum atomic E-state index is 10.1. The molecule has 0 aromatic carbocycles. The minimum absolute atomic E-state index is 0.389. The first kappa shape index (κ1) is 22.5. The summed E-state index contributed by atoms with van der Waals surface area (Å²) in [7, 11) is -1.38. The predicted molar refractivity (Wildman–Crippen MR) is 107 cm³/mol. The minimum atomic E-state index is -1.49. The summed E-state index contributed by atoms with van der Waals surface area (Å²) in [6.07, 6.45) is 0.584. The Hall–Kier alpha value is 0.411. The monoisotopic (exact) mass is 394 g/mol. The lowest BCUT2D eigenvalue weighted by Crippen LogP contribution is -2.47. The summed E-state index contributed by atoms with van der Waals surface area (Å²) in [6.45, 7) is 14.9. The van der Waals surface area contributed by atoms with E-state index in [1.807, 2.05) is 0 Å². The second-order valence-corrected chi connectivity index (χ2v) is 15.1. The van der Waals surface area contributed by atoms with Gasteiger partial charge in [-0.3, -0.25) is 4.90 Å². The maximum Gasteiger partial charge on any atom is 0.300 e. The molecule has 1 rings (SSSR count). The molecule has 0 aliphatic carbocycles. The molecule has 9 heteroatoms. The number of ether oxygens (including phenoxy) is 1. The zero-order valence-electron chi connectivity index (χ0n) is 16.2. The summed E-state index contributed by atoms with van der Waals surface area (Å²) in [6, 6.07) is 1.02. The highest BCUT2D eigenvalue weighted by Crippen LogP contribution is 2.06. The molecule has 1 aliphatic heterocycles. The van der Waals surface area contributed by atoms with Gasteiger partial charge in [0.1, 0.15) is 0 Å². The van der Waals surface area contributed by atoms with Gasteiger partial charge in [0.25, 0.3) is 0 Å².